The lowest BCUT2D eigenvalue weighted by atomic mass is 9.92. The third-order valence-electron chi connectivity index (χ3n) is 3.89. The second-order valence-corrected chi connectivity index (χ2v) is 6.03. The van der Waals surface area contributed by atoms with Gasteiger partial charge >= 0.3 is 0 Å². The number of likely N-dealkylation sites (tertiary alicyclic amines) is 1. The Balaban J connectivity index is 2.10. The molecule has 6 heteroatoms. The van der Waals surface area contributed by atoms with Gasteiger partial charge in [0.15, 0.2) is 0 Å². The van der Waals surface area contributed by atoms with Crippen molar-refractivity contribution >= 4 is 11.8 Å². The molecule has 0 aliphatic carbocycles. The summed E-state index contributed by atoms with van der Waals surface area (Å²) in [5.41, 5.74) is 5.87. The van der Waals surface area contributed by atoms with Gasteiger partial charge in [0.1, 0.15) is 0 Å². The quantitative estimate of drug-likeness (QED) is 0.915. The van der Waals surface area contributed by atoms with Gasteiger partial charge in [-0.1, -0.05) is 0 Å². The predicted molar refractivity (Wildman–Crippen MR) is 82.4 cm³/mol. The van der Waals surface area contributed by atoms with Crippen molar-refractivity contribution in [3.8, 4) is 5.88 Å². The molecule has 2 unspecified atom stereocenters. The Morgan fingerprint density at radius 3 is 2.64 bits per heavy atom. The molecule has 1 aliphatic rings. The SMILES string of the molecule is CC(C)Oc1ccc(C(=O)N2CC(C(N)=O)CCC2C)cn1. The zero-order chi connectivity index (χ0) is 16.3. The first-order chi connectivity index (χ1) is 10.4. The molecular weight excluding hydrogens is 282 g/mol. The van der Waals surface area contributed by atoms with E-state index in [1.165, 1.54) is 6.20 Å². The highest BCUT2D eigenvalue weighted by Gasteiger charge is 2.32. The first-order valence-corrected chi connectivity index (χ1v) is 7.61. The number of amides is 2. The Labute approximate surface area is 130 Å². The van der Waals surface area contributed by atoms with Crippen molar-refractivity contribution < 1.29 is 14.3 Å². The number of piperidine rings is 1. The van der Waals surface area contributed by atoms with Crippen LogP contribution in [0.3, 0.4) is 0 Å². The summed E-state index contributed by atoms with van der Waals surface area (Å²) in [5, 5.41) is 0. The molecule has 2 N–H and O–H groups in total. The molecule has 2 atom stereocenters. The van der Waals surface area contributed by atoms with Gasteiger partial charge in [-0.15, -0.1) is 0 Å². The van der Waals surface area contributed by atoms with Crippen molar-refractivity contribution in [1.29, 1.82) is 0 Å². The Morgan fingerprint density at radius 1 is 1.36 bits per heavy atom. The van der Waals surface area contributed by atoms with E-state index in [9.17, 15) is 9.59 Å². The third kappa shape index (κ3) is 3.75. The number of rotatable bonds is 4. The van der Waals surface area contributed by atoms with Gasteiger partial charge in [-0.3, -0.25) is 9.59 Å². The van der Waals surface area contributed by atoms with Crippen LogP contribution in [0, 0.1) is 5.92 Å². The molecule has 1 aromatic rings. The van der Waals surface area contributed by atoms with Gasteiger partial charge in [0.2, 0.25) is 11.8 Å². The van der Waals surface area contributed by atoms with E-state index >= 15 is 0 Å². The molecule has 0 radical (unpaired) electrons. The molecular formula is C16H23N3O3. The maximum absolute atomic E-state index is 12.6. The van der Waals surface area contributed by atoms with Crippen molar-refractivity contribution in [1.82, 2.24) is 9.88 Å². The summed E-state index contributed by atoms with van der Waals surface area (Å²) in [6.07, 6.45) is 3.06. The average Bonchev–Trinajstić information content (AvgIpc) is 2.47. The monoisotopic (exact) mass is 305 g/mol. The van der Waals surface area contributed by atoms with Crippen molar-refractivity contribution in [2.24, 2.45) is 11.7 Å². The number of nitrogens with zero attached hydrogens (tertiary/aromatic N) is 2. The van der Waals surface area contributed by atoms with Crippen molar-refractivity contribution in [3.63, 3.8) is 0 Å². The Morgan fingerprint density at radius 2 is 2.09 bits per heavy atom. The van der Waals surface area contributed by atoms with Crippen LogP contribution in [0.4, 0.5) is 0 Å². The minimum atomic E-state index is -0.344. The third-order valence-corrected chi connectivity index (χ3v) is 3.89. The van der Waals surface area contributed by atoms with Crippen LogP contribution in [0.15, 0.2) is 18.3 Å². The summed E-state index contributed by atoms with van der Waals surface area (Å²) < 4.78 is 5.47. The number of hydrogen-bond acceptors (Lipinski definition) is 4. The van der Waals surface area contributed by atoms with E-state index in [-0.39, 0.29) is 29.9 Å². The summed E-state index contributed by atoms with van der Waals surface area (Å²) in [6.45, 7) is 6.19. The van der Waals surface area contributed by atoms with E-state index in [1.807, 2.05) is 20.8 Å². The van der Waals surface area contributed by atoms with E-state index in [0.29, 0.717) is 18.0 Å². The Bertz CT molecular complexity index is 542. The van der Waals surface area contributed by atoms with E-state index in [2.05, 4.69) is 4.98 Å². The van der Waals surface area contributed by atoms with Crippen LogP contribution in [-0.4, -0.2) is 40.4 Å². The normalized spacial score (nSPS) is 21.7. The van der Waals surface area contributed by atoms with Crippen LogP contribution in [0.25, 0.3) is 0 Å². The molecule has 22 heavy (non-hydrogen) atoms. The minimum absolute atomic E-state index is 0.0347. The number of carbonyl (C=O) groups excluding carboxylic acids is 2. The lowest BCUT2D eigenvalue weighted by molar-refractivity contribution is -0.123. The van der Waals surface area contributed by atoms with E-state index < -0.39 is 0 Å². The molecule has 1 aromatic heterocycles. The molecule has 0 aromatic carbocycles. The van der Waals surface area contributed by atoms with Crippen LogP contribution in [0.1, 0.15) is 44.0 Å². The summed E-state index contributed by atoms with van der Waals surface area (Å²) in [5.74, 6) is -0.240. The van der Waals surface area contributed by atoms with Gasteiger partial charge in [-0.05, 0) is 39.7 Å². The standard InChI is InChI=1S/C16H23N3O3/c1-10(2)22-14-7-6-12(8-18-14)16(21)19-9-13(15(17)20)5-4-11(19)3/h6-8,10-11,13H,4-5,9H2,1-3H3,(H2,17,20). The summed E-state index contributed by atoms with van der Waals surface area (Å²) in [7, 11) is 0. The Hall–Kier alpha value is -2.11. The Kier molecular flexibility index (Phi) is 5.00. The van der Waals surface area contributed by atoms with Crippen molar-refractivity contribution in [3.05, 3.63) is 23.9 Å². The molecule has 1 saturated heterocycles. The van der Waals surface area contributed by atoms with Gasteiger partial charge in [-0.2, -0.15) is 0 Å². The molecule has 0 saturated carbocycles. The van der Waals surface area contributed by atoms with E-state index in [1.54, 1.807) is 17.0 Å². The van der Waals surface area contributed by atoms with E-state index in [4.69, 9.17) is 10.5 Å². The minimum Gasteiger partial charge on any atom is -0.475 e. The number of primary amides is 1. The van der Waals surface area contributed by atoms with Crippen molar-refractivity contribution in [2.45, 2.75) is 45.8 Å². The molecule has 0 spiro atoms. The lowest BCUT2D eigenvalue weighted by Crippen LogP contribution is -2.48. The van der Waals surface area contributed by atoms with Gasteiger partial charge in [0, 0.05) is 24.8 Å². The number of carbonyl (C=O) groups is 2. The second-order valence-electron chi connectivity index (χ2n) is 6.03. The van der Waals surface area contributed by atoms with Gasteiger partial charge < -0.3 is 15.4 Å². The van der Waals surface area contributed by atoms with Crippen LogP contribution < -0.4 is 10.5 Å². The first-order valence-electron chi connectivity index (χ1n) is 7.61. The lowest BCUT2D eigenvalue weighted by Gasteiger charge is -2.36. The largest absolute Gasteiger partial charge is 0.475 e. The first kappa shape index (κ1) is 16.3. The second kappa shape index (κ2) is 6.77. The highest BCUT2D eigenvalue weighted by molar-refractivity contribution is 5.94. The fourth-order valence-corrected chi connectivity index (χ4v) is 2.61. The molecule has 2 heterocycles. The highest BCUT2D eigenvalue weighted by atomic mass is 16.5. The molecule has 2 amide bonds. The topological polar surface area (TPSA) is 85.5 Å². The van der Waals surface area contributed by atoms with E-state index in [0.717, 1.165) is 12.8 Å². The fourth-order valence-electron chi connectivity index (χ4n) is 2.61. The molecule has 6 nitrogen and oxygen atoms in total. The number of pyridine rings is 1. The highest BCUT2D eigenvalue weighted by Crippen LogP contribution is 2.23. The molecule has 0 bridgehead atoms. The van der Waals surface area contributed by atoms with Crippen LogP contribution in [0.2, 0.25) is 0 Å². The zero-order valence-electron chi connectivity index (χ0n) is 13.3. The number of ether oxygens (including phenoxy) is 1. The smallest absolute Gasteiger partial charge is 0.255 e. The number of aromatic nitrogens is 1. The number of hydrogen-bond donors (Lipinski definition) is 1. The molecule has 2 rings (SSSR count). The maximum atomic E-state index is 12.6. The van der Waals surface area contributed by atoms with Crippen LogP contribution in [-0.2, 0) is 4.79 Å². The average molecular weight is 305 g/mol. The summed E-state index contributed by atoms with van der Waals surface area (Å²) >= 11 is 0. The summed E-state index contributed by atoms with van der Waals surface area (Å²) in [6, 6.07) is 3.48. The predicted octanol–water partition coefficient (Wildman–Crippen LogP) is 1.59. The number of nitrogens with two attached hydrogens (primary N) is 1. The zero-order valence-corrected chi connectivity index (χ0v) is 13.3. The van der Waals surface area contributed by atoms with Crippen molar-refractivity contribution in [2.75, 3.05) is 6.54 Å². The van der Waals surface area contributed by atoms with Gasteiger partial charge in [0.05, 0.1) is 17.6 Å². The van der Waals surface area contributed by atoms with Gasteiger partial charge in [-0.25, -0.2) is 4.98 Å². The molecule has 120 valence electrons. The molecule has 1 fully saturated rings. The van der Waals surface area contributed by atoms with Gasteiger partial charge in [0.25, 0.3) is 5.91 Å². The maximum Gasteiger partial charge on any atom is 0.255 e. The fraction of sp³-hybridized carbons (Fsp3) is 0.562. The molecule has 1 aliphatic heterocycles. The summed E-state index contributed by atoms with van der Waals surface area (Å²) in [4.78, 5) is 29.8. The van der Waals surface area contributed by atoms with Crippen LogP contribution >= 0.6 is 0 Å². The van der Waals surface area contributed by atoms with Crippen LogP contribution in [0.5, 0.6) is 5.88 Å².